The van der Waals surface area contributed by atoms with Crippen molar-refractivity contribution in [1.29, 1.82) is 0 Å². The van der Waals surface area contributed by atoms with E-state index in [2.05, 4.69) is 34.3 Å². The van der Waals surface area contributed by atoms with Crippen molar-refractivity contribution in [2.75, 3.05) is 46.3 Å². The fraction of sp³-hybridized carbons (Fsp3) is 0.478. The van der Waals surface area contributed by atoms with E-state index in [9.17, 15) is 13.2 Å². The van der Waals surface area contributed by atoms with Crippen LogP contribution in [0.15, 0.2) is 48.5 Å². The monoisotopic (exact) mass is 475 g/mol. The van der Waals surface area contributed by atoms with Crippen LogP contribution >= 0.6 is 24.8 Å². The second-order valence-corrected chi connectivity index (χ2v) is 8.25. The van der Waals surface area contributed by atoms with Crippen LogP contribution < -0.4 is 5.32 Å². The maximum Gasteiger partial charge on any atom is 0.416 e. The first kappa shape index (κ1) is 25.9. The van der Waals surface area contributed by atoms with E-state index in [1.165, 1.54) is 17.7 Å². The summed E-state index contributed by atoms with van der Waals surface area (Å²) in [5.74, 6) is 0.512. The van der Waals surface area contributed by atoms with E-state index in [0.717, 1.165) is 57.3 Å². The summed E-state index contributed by atoms with van der Waals surface area (Å²) < 4.78 is 38.8. The van der Waals surface area contributed by atoms with Crippen LogP contribution in [0.3, 0.4) is 0 Å². The molecule has 2 aromatic rings. The van der Waals surface area contributed by atoms with Gasteiger partial charge in [0.2, 0.25) is 0 Å². The molecule has 1 saturated heterocycles. The highest BCUT2D eigenvalue weighted by molar-refractivity contribution is 5.85. The minimum Gasteiger partial charge on any atom is -0.312 e. The van der Waals surface area contributed by atoms with Crippen LogP contribution in [0.2, 0.25) is 0 Å². The number of nitrogens with zero attached hydrogens (tertiary/aromatic N) is 2. The Kier molecular flexibility index (Phi) is 9.22. The van der Waals surface area contributed by atoms with Gasteiger partial charge in [-0.2, -0.15) is 13.2 Å². The summed E-state index contributed by atoms with van der Waals surface area (Å²) in [6.07, 6.45) is -3.18. The molecule has 1 saturated carbocycles. The average Bonchev–Trinajstić information content (AvgIpc) is 3.49. The van der Waals surface area contributed by atoms with Crippen LogP contribution in [0.5, 0.6) is 0 Å². The molecule has 0 radical (unpaired) electrons. The fourth-order valence-corrected chi connectivity index (χ4v) is 4.07. The minimum atomic E-state index is -4.31. The summed E-state index contributed by atoms with van der Waals surface area (Å²) in [5, 5.41) is 3.65. The van der Waals surface area contributed by atoms with Crippen LogP contribution in [0.1, 0.15) is 23.5 Å². The van der Waals surface area contributed by atoms with Gasteiger partial charge in [-0.15, -0.1) is 24.8 Å². The summed E-state index contributed by atoms with van der Waals surface area (Å²) in [6.45, 7) is 6.67. The number of hydrogen-bond donors (Lipinski definition) is 1. The van der Waals surface area contributed by atoms with Gasteiger partial charge in [0.25, 0.3) is 0 Å². The van der Waals surface area contributed by atoms with E-state index in [4.69, 9.17) is 0 Å². The second kappa shape index (κ2) is 11.0. The minimum absolute atomic E-state index is 0. The largest absolute Gasteiger partial charge is 0.416 e. The summed E-state index contributed by atoms with van der Waals surface area (Å²) in [6, 6.07) is 14.0. The molecule has 8 heteroatoms. The predicted molar refractivity (Wildman–Crippen MR) is 124 cm³/mol. The van der Waals surface area contributed by atoms with E-state index in [1.807, 2.05) is 12.1 Å². The Labute approximate surface area is 194 Å². The van der Waals surface area contributed by atoms with Gasteiger partial charge in [0.15, 0.2) is 0 Å². The Morgan fingerprint density at radius 2 is 1.61 bits per heavy atom. The van der Waals surface area contributed by atoms with Gasteiger partial charge in [-0.05, 0) is 42.3 Å². The van der Waals surface area contributed by atoms with Gasteiger partial charge in [-0.1, -0.05) is 36.4 Å². The maximum atomic E-state index is 12.9. The number of alkyl halides is 3. The highest BCUT2D eigenvalue weighted by atomic mass is 35.5. The standard InChI is InChI=1S/C23H28F3N3.2ClH/c1-28-11-13-29(14-12-28)10-9-27-22-16-21(22)18-7-5-17(6-8-18)19-3-2-4-20(15-19)23(24,25)26;;/h2-8,15,21-22,27H,9-14,16H2,1H3;2*1H. The fourth-order valence-electron chi connectivity index (χ4n) is 4.07. The molecule has 2 aromatic carbocycles. The maximum absolute atomic E-state index is 12.9. The smallest absolute Gasteiger partial charge is 0.312 e. The van der Waals surface area contributed by atoms with Crippen molar-refractivity contribution in [3.63, 3.8) is 0 Å². The summed E-state index contributed by atoms with van der Waals surface area (Å²) in [4.78, 5) is 4.87. The van der Waals surface area contributed by atoms with Gasteiger partial charge in [0.05, 0.1) is 5.56 Å². The zero-order valence-electron chi connectivity index (χ0n) is 17.6. The quantitative estimate of drug-likeness (QED) is 0.640. The summed E-state index contributed by atoms with van der Waals surface area (Å²) in [5.41, 5.74) is 2.08. The SMILES string of the molecule is CN1CCN(CCNC2CC2c2ccc(-c3cccc(C(F)(F)F)c3)cc2)CC1.Cl.Cl. The lowest BCUT2D eigenvalue weighted by Crippen LogP contribution is -2.46. The first-order valence-corrected chi connectivity index (χ1v) is 10.3. The molecule has 3 nitrogen and oxygen atoms in total. The van der Waals surface area contributed by atoms with Crippen LogP contribution in [-0.2, 0) is 6.18 Å². The van der Waals surface area contributed by atoms with Gasteiger partial charge in [-0.25, -0.2) is 0 Å². The molecule has 4 rings (SSSR count). The molecule has 2 fully saturated rings. The molecule has 0 spiro atoms. The van der Waals surface area contributed by atoms with E-state index >= 15 is 0 Å². The molecule has 1 heterocycles. The van der Waals surface area contributed by atoms with E-state index < -0.39 is 11.7 Å². The van der Waals surface area contributed by atoms with Gasteiger partial charge in [0, 0.05) is 51.2 Å². The molecular formula is C23H30Cl2F3N3. The molecule has 0 aromatic heterocycles. The molecular weight excluding hydrogens is 446 g/mol. The lowest BCUT2D eigenvalue weighted by molar-refractivity contribution is -0.137. The third-order valence-corrected chi connectivity index (χ3v) is 6.08. The van der Waals surface area contributed by atoms with Crippen molar-refractivity contribution in [3.8, 4) is 11.1 Å². The number of piperazine rings is 1. The zero-order valence-corrected chi connectivity index (χ0v) is 19.2. The number of rotatable bonds is 6. The van der Waals surface area contributed by atoms with Gasteiger partial charge < -0.3 is 10.2 Å². The molecule has 31 heavy (non-hydrogen) atoms. The number of hydrogen-bond acceptors (Lipinski definition) is 3. The van der Waals surface area contributed by atoms with E-state index in [-0.39, 0.29) is 24.8 Å². The number of likely N-dealkylation sites (N-methyl/N-ethyl adjacent to an activating group) is 1. The molecule has 1 N–H and O–H groups in total. The molecule has 172 valence electrons. The van der Waals surface area contributed by atoms with E-state index in [1.54, 1.807) is 6.07 Å². The first-order chi connectivity index (χ1) is 13.9. The Morgan fingerprint density at radius 3 is 2.26 bits per heavy atom. The van der Waals surface area contributed by atoms with Gasteiger partial charge in [0.1, 0.15) is 0 Å². The number of benzene rings is 2. The number of halogens is 5. The molecule has 1 aliphatic carbocycles. The first-order valence-electron chi connectivity index (χ1n) is 10.3. The Hall–Kier alpha value is -1.31. The lowest BCUT2D eigenvalue weighted by atomic mass is 10.0. The lowest BCUT2D eigenvalue weighted by Gasteiger charge is -2.32. The predicted octanol–water partition coefficient (Wildman–Crippen LogP) is 4.91. The van der Waals surface area contributed by atoms with Crippen LogP contribution in [0, 0.1) is 0 Å². The van der Waals surface area contributed by atoms with E-state index in [0.29, 0.717) is 17.5 Å². The van der Waals surface area contributed by atoms with Crippen molar-refractivity contribution in [3.05, 3.63) is 59.7 Å². The molecule has 0 amide bonds. The van der Waals surface area contributed by atoms with Crippen LogP contribution in [-0.4, -0.2) is 62.2 Å². The van der Waals surface area contributed by atoms with Crippen molar-refractivity contribution in [2.24, 2.45) is 0 Å². The van der Waals surface area contributed by atoms with Crippen molar-refractivity contribution in [1.82, 2.24) is 15.1 Å². The topological polar surface area (TPSA) is 18.5 Å². The summed E-state index contributed by atoms with van der Waals surface area (Å²) in [7, 11) is 2.17. The Morgan fingerprint density at radius 1 is 0.935 bits per heavy atom. The molecule has 1 aliphatic heterocycles. The van der Waals surface area contributed by atoms with Crippen LogP contribution in [0.25, 0.3) is 11.1 Å². The third-order valence-electron chi connectivity index (χ3n) is 6.08. The molecule has 2 aliphatic rings. The average molecular weight is 476 g/mol. The summed E-state index contributed by atoms with van der Waals surface area (Å²) >= 11 is 0. The van der Waals surface area contributed by atoms with Gasteiger partial charge in [-0.3, -0.25) is 4.90 Å². The van der Waals surface area contributed by atoms with Crippen LogP contribution in [0.4, 0.5) is 13.2 Å². The van der Waals surface area contributed by atoms with Crippen molar-refractivity contribution < 1.29 is 13.2 Å². The second-order valence-electron chi connectivity index (χ2n) is 8.25. The third kappa shape index (κ3) is 6.83. The molecule has 0 bridgehead atoms. The Bertz CT molecular complexity index is 822. The number of nitrogens with one attached hydrogen (secondary N) is 1. The van der Waals surface area contributed by atoms with Crippen molar-refractivity contribution in [2.45, 2.75) is 24.6 Å². The molecule has 2 unspecified atom stereocenters. The normalized spacial score (nSPS) is 21.8. The highest BCUT2D eigenvalue weighted by Gasteiger charge is 2.37. The molecule has 2 atom stereocenters. The van der Waals surface area contributed by atoms with Crippen molar-refractivity contribution >= 4 is 24.8 Å². The highest BCUT2D eigenvalue weighted by Crippen LogP contribution is 2.41. The Balaban J connectivity index is 0.00000171. The zero-order chi connectivity index (χ0) is 20.4. The van der Waals surface area contributed by atoms with Gasteiger partial charge >= 0.3 is 6.18 Å².